The number of nitrogens with one attached hydrogen (secondary N) is 2. The summed E-state index contributed by atoms with van der Waals surface area (Å²) in [5, 5.41) is 5.92. The summed E-state index contributed by atoms with van der Waals surface area (Å²) in [4.78, 5) is 71.2. The molecule has 2 aliphatic rings. The molecule has 3 N–H and O–H groups in total. The van der Waals surface area contributed by atoms with E-state index >= 15 is 0 Å². The molecule has 324 valence electrons. The van der Waals surface area contributed by atoms with E-state index in [4.69, 9.17) is 71.0 Å². The van der Waals surface area contributed by atoms with Gasteiger partial charge in [0, 0.05) is 59.9 Å². The highest BCUT2D eigenvalue weighted by Gasteiger charge is 2.51. The summed E-state index contributed by atoms with van der Waals surface area (Å²) in [5.74, 6) is -2.70. The second-order valence-electron chi connectivity index (χ2n) is 13.6. The fourth-order valence-electron chi connectivity index (χ4n) is 6.46. The van der Waals surface area contributed by atoms with Gasteiger partial charge in [0.05, 0.1) is 4.99 Å². The van der Waals surface area contributed by atoms with Crippen molar-refractivity contribution >= 4 is 73.5 Å². The Kier molecular flexibility index (Phi) is 20.9. The summed E-state index contributed by atoms with van der Waals surface area (Å²) >= 11 is 10.7. The van der Waals surface area contributed by atoms with Crippen molar-refractivity contribution in [1.82, 2.24) is 10.6 Å². The molecule has 2 fully saturated rings. The molecule has 0 radical (unpaired) electrons. The van der Waals surface area contributed by atoms with E-state index < -0.39 is 79.5 Å². The maximum atomic E-state index is 12.3. The molecule has 2 aliphatic heterocycles. The number of carbonyl (C=O) groups is 5. The third-order valence-electron chi connectivity index (χ3n) is 9.02. The van der Waals surface area contributed by atoms with Crippen LogP contribution in [0.25, 0.3) is 0 Å². The Morgan fingerprint density at radius 2 is 1.52 bits per heavy atom. The molecule has 1 aromatic carbocycles. The number of benzene rings is 1. The predicted molar refractivity (Wildman–Crippen MR) is 215 cm³/mol. The van der Waals surface area contributed by atoms with Crippen molar-refractivity contribution in [3.63, 3.8) is 0 Å². The normalized spacial score (nSPS) is 26.3. The molecule has 58 heavy (non-hydrogen) atoms. The first-order valence-electron chi connectivity index (χ1n) is 18.8. The van der Waals surface area contributed by atoms with Gasteiger partial charge in [0.2, 0.25) is 5.91 Å². The van der Waals surface area contributed by atoms with Crippen LogP contribution in [-0.2, 0) is 84.5 Å². The third kappa shape index (κ3) is 17.1. The summed E-state index contributed by atoms with van der Waals surface area (Å²) in [7, 11) is 3.13. The molecular formula is C36H54BN2O16PS2. The van der Waals surface area contributed by atoms with Crippen LogP contribution in [0.4, 0.5) is 4.79 Å². The van der Waals surface area contributed by atoms with Crippen molar-refractivity contribution < 1.29 is 75.8 Å². The van der Waals surface area contributed by atoms with E-state index in [0.29, 0.717) is 43.6 Å². The number of esters is 3. The zero-order valence-corrected chi connectivity index (χ0v) is 36.0. The minimum absolute atomic E-state index is 0.0459. The molecule has 10 atom stereocenters. The number of ether oxygens (including phenoxy) is 8. The Balaban J connectivity index is 1.48. The molecule has 1 aromatic rings. The molecule has 0 aromatic heterocycles. The average Bonchev–Trinajstić information content (AvgIpc) is 3.44. The predicted octanol–water partition coefficient (Wildman–Crippen LogP) is 2.10. The lowest BCUT2D eigenvalue weighted by molar-refractivity contribution is -0.277. The first-order chi connectivity index (χ1) is 27.5. The molecule has 0 saturated carbocycles. The maximum absolute atomic E-state index is 12.3. The van der Waals surface area contributed by atoms with E-state index in [1.54, 1.807) is 0 Å². The molecule has 0 bridgehead atoms. The SMILES string of the molecule is B[C@@H]1O[C@H](COC(=O)OCc2ccccc2)C(OP(O)(=S)OC)[C@@H]1CCCNC(=S)CCCCO[C@@H]1O[C@H](COC(C)=O)[C@H](OC(C)=O)[C@H](OC(C)=O)[C@H]1NC(C)=O. The van der Waals surface area contributed by atoms with Gasteiger partial charge in [-0.25, -0.2) is 4.79 Å². The number of hydrogen-bond acceptors (Lipinski definition) is 17. The van der Waals surface area contributed by atoms with Crippen LogP contribution in [0.5, 0.6) is 0 Å². The Hall–Kier alpha value is -3.27. The summed E-state index contributed by atoms with van der Waals surface area (Å²) in [6, 6.07) is 7.80. The topological polar surface area (TPSA) is 222 Å². The molecule has 2 unspecified atom stereocenters. The lowest BCUT2D eigenvalue weighted by Crippen LogP contribution is -2.66. The number of thiocarbonyl (C=S) groups is 1. The lowest BCUT2D eigenvalue weighted by atomic mass is 9.82. The van der Waals surface area contributed by atoms with E-state index in [-0.39, 0.29) is 38.3 Å². The minimum atomic E-state index is -3.59. The van der Waals surface area contributed by atoms with Crippen molar-refractivity contribution in [2.24, 2.45) is 5.92 Å². The highest BCUT2D eigenvalue weighted by molar-refractivity contribution is 8.07. The first kappa shape index (κ1) is 49.1. The zero-order valence-electron chi connectivity index (χ0n) is 33.5. The number of unbranched alkanes of at least 4 members (excludes halogenated alkanes) is 1. The number of hydrogen-bond donors (Lipinski definition) is 3. The minimum Gasteiger partial charge on any atom is -0.463 e. The van der Waals surface area contributed by atoms with E-state index in [2.05, 4.69) is 10.6 Å². The molecule has 0 spiro atoms. The first-order valence-corrected chi connectivity index (χ1v) is 21.8. The molecule has 22 heteroatoms. The Morgan fingerprint density at radius 1 is 0.862 bits per heavy atom. The van der Waals surface area contributed by atoms with Gasteiger partial charge < -0.3 is 62.5 Å². The second-order valence-corrected chi connectivity index (χ2v) is 17.0. The van der Waals surface area contributed by atoms with Crippen molar-refractivity contribution in [3.8, 4) is 0 Å². The van der Waals surface area contributed by atoms with Crippen LogP contribution < -0.4 is 10.6 Å². The monoisotopic (exact) mass is 876 g/mol. The number of amides is 1. The van der Waals surface area contributed by atoms with Gasteiger partial charge in [0.1, 0.15) is 52.0 Å². The summed E-state index contributed by atoms with van der Waals surface area (Å²) in [6.07, 6.45) is -3.99. The maximum Gasteiger partial charge on any atom is 0.508 e. The highest BCUT2D eigenvalue weighted by Crippen LogP contribution is 2.48. The van der Waals surface area contributed by atoms with Gasteiger partial charge in [0.25, 0.3) is 0 Å². The highest BCUT2D eigenvalue weighted by atomic mass is 32.5. The molecule has 2 heterocycles. The van der Waals surface area contributed by atoms with E-state index in [0.717, 1.165) is 12.5 Å². The van der Waals surface area contributed by atoms with Gasteiger partial charge in [-0.1, -0.05) is 42.5 Å². The van der Waals surface area contributed by atoms with Gasteiger partial charge in [-0.05, 0) is 49.5 Å². The third-order valence-corrected chi connectivity index (χ3v) is 11.0. The smallest absolute Gasteiger partial charge is 0.463 e. The van der Waals surface area contributed by atoms with Crippen LogP contribution >= 0.6 is 18.9 Å². The standard InChI is InChI=1S/C36H54BN2O16PS2/c1-21(40)39-30-33(52-24(4)43)32(51-23(3)42)28(19-48-22(2)41)54-35(30)47-17-10-9-15-29(57)38-16-11-14-26-31(55-56(45,58)46-5)27(53-34(26)37)20-50-36(44)49-18-25-12-7-6-8-13-25/h6-8,12-13,26-28,30-35H,9-11,14-20,37H2,1-5H3,(H,38,57)(H,39,40)(H,45,58)/t26-,27+,28+,30+,31?,32-,33+,34+,35+,56?/m0/s1. The Morgan fingerprint density at radius 3 is 2.16 bits per heavy atom. The van der Waals surface area contributed by atoms with Gasteiger partial charge >= 0.3 is 30.8 Å². The second kappa shape index (κ2) is 24.7. The van der Waals surface area contributed by atoms with Crippen LogP contribution in [0.1, 0.15) is 65.4 Å². The van der Waals surface area contributed by atoms with Crippen LogP contribution in [0.2, 0.25) is 0 Å². The summed E-state index contributed by atoms with van der Waals surface area (Å²) in [5.41, 5.74) is 0.806. The van der Waals surface area contributed by atoms with Crippen LogP contribution in [-0.4, -0.2) is 130 Å². The summed E-state index contributed by atoms with van der Waals surface area (Å²) in [6.45, 7) is 1.44. The molecular weight excluding hydrogens is 822 g/mol. The molecule has 3 rings (SSSR count). The van der Waals surface area contributed by atoms with Gasteiger partial charge in [0.15, 0.2) is 18.5 Å². The van der Waals surface area contributed by atoms with Crippen molar-refractivity contribution in [1.29, 1.82) is 0 Å². The van der Waals surface area contributed by atoms with Crippen LogP contribution in [0.15, 0.2) is 30.3 Å². The largest absolute Gasteiger partial charge is 0.508 e. The average molecular weight is 877 g/mol. The Labute approximate surface area is 349 Å². The zero-order chi connectivity index (χ0) is 42.8. The number of rotatable bonds is 22. The van der Waals surface area contributed by atoms with Gasteiger partial charge in [-0.15, -0.1) is 0 Å². The summed E-state index contributed by atoms with van der Waals surface area (Å²) < 4.78 is 55.5. The van der Waals surface area contributed by atoms with Crippen LogP contribution in [0, 0.1) is 5.92 Å². The van der Waals surface area contributed by atoms with Crippen LogP contribution in [0.3, 0.4) is 0 Å². The van der Waals surface area contributed by atoms with Crippen molar-refractivity contribution in [2.45, 2.75) is 115 Å². The van der Waals surface area contributed by atoms with E-state index in [1.165, 1.54) is 27.9 Å². The fourth-order valence-corrected chi connectivity index (χ4v) is 7.69. The quantitative estimate of drug-likeness (QED) is 0.0379. The molecule has 18 nitrogen and oxygen atoms in total. The van der Waals surface area contributed by atoms with E-state index in [9.17, 15) is 28.9 Å². The fraction of sp³-hybridized carbons (Fsp3) is 0.667. The van der Waals surface area contributed by atoms with Gasteiger partial charge in [-0.2, -0.15) is 0 Å². The molecule has 2 saturated heterocycles. The van der Waals surface area contributed by atoms with Gasteiger partial charge in [-0.3, -0.25) is 19.2 Å². The number of carbonyl (C=O) groups excluding carboxylic acids is 5. The lowest BCUT2D eigenvalue weighted by Gasteiger charge is -2.44. The van der Waals surface area contributed by atoms with E-state index in [1.807, 2.05) is 38.2 Å². The molecule has 1 amide bonds. The van der Waals surface area contributed by atoms with Crippen molar-refractivity contribution in [3.05, 3.63) is 35.9 Å². The Bertz CT molecular complexity index is 1580. The van der Waals surface area contributed by atoms with Crippen molar-refractivity contribution in [2.75, 3.05) is 33.5 Å². The molecule has 0 aliphatic carbocycles.